The molecular formula is C16H22N6OS. The molecule has 128 valence electrons. The van der Waals surface area contributed by atoms with E-state index in [-0.39, 0.29) is 0 Å². The first-order chi connectivity index (χ1) is 11.8. The van der Waals surface area contributed by atoms with Gasteiger partial charge in [0.25, 0.3) is 0 Å². The molecule has 4 rings (SSSR count). The van der Waals surface area contributed by atoms with Crippen molar-refractivity contribution in [1.29, 1.82) is 0 Å². The van der Waals surface area contributed by atoms with Crippen molar-refractivity contribution in [3.8, 4) is 0 Å². The van der Waals surface area contributed by atoms with Gasteiger partial charge in [0.1, 0.15) is 17.5 Å². The van der Waals surface area contributed by atoms with Gasteiger partial charge in [0.15, 0.2) is 5.13 Å². The third-order valence-electron chi connectivity index (χ3n) is 4.44. The molecule has 2 aromatic rings. The fourth-order valence-corrected chi connectivity index (χ4v) is 3.85. The first-order valence-electron chi connectivity index (χ1n) is 8.37. The summed E-state index contributed by atoms with van der Waals surface area (Å²) >= 11 is 1.70. The third kappa shape index (κ3) is 3.29. The lowest BCUT2D eigenvalue weighted by molar-refractivity contribution is 0.122. The van der Waals surface area contributed by atoms with Crippen LogP contribution in [0.15, 0.2) is 17.6 Å². The van der Waals surface area contributed by atoms with Crippen molar-refractivity contribution in [2.75, 3.05) is 67.2 Å². The predicted octanol–water partition coefficient (Wildman–Crippen LogP) is 1.40. The quantitative estimate of drug-likeness (QED) is 0.833. The molecule has 0 unspecified atom stereocenters. The molecule has 0 N–H and O–H groups in total. The zero-order valence-electron chi connectivity index (χ0n) is 13.9. The number of nitrogens with zero attached hydrogens (tertiary/aromatic N) is 6. The molecule has 0 atom stereocenters. The summed E-state index contributed by atoms with van der Waals surface area (Å²) in [4.78, 5) is 20.7. The Morgan fingerprint density at radius 2 is 1.54 bits per heavy atom. The number of piperazine rings is 1. The molecule has 0 saturated carbocycles. The van der Waals surface area contributed by atoms with Crippen LogP contribution >= 0.6 is 11.3 Å². The van der Waals surface area contributed by atoms with E-state index in [9.17, 15) is 0 Å². The number of rotatable bonds is 3. The van der Waals surface area contributed by atoms with Crippen molar-refractivity contribution in [1.82, 2.24) is 15.0 Å². The zero-order valence-corrected chi connectivity index (χ0v) is 14.7. The number of anilines is 3. The summed E-state index contributed by atoms with van der Waals surface area (Å²) in [5.74, 6) is 2.88. The number of morpholine rings is 1. The Morgan fingerprint density at radius 1 is 0.917 bits per heavy atom. The fourth-order valence-electron chi connectivity index (χ4n) is 3.15. The molecule has 2 aromatic heterocycles. The minimum atomic E-state index is 0.769. The molecule has 0 amide bonds. The summed E-state index contributed by atoms with van der Waals surface area (Å²) < 4.78 is 5.44. The summed E-state index contributed by atoms with van der Waals surface area (Å²) in [7, 11) is 0. The molecule has 2 saturated heterocycles. The average molecular weight is 346 g/mol. The van der Waals surface area contributed by atoms with E-state index in [2.05, 4.69) is 35.7 Å². The second kappa shape index (κ2) is 6.90. The highest BCUT2D eigenvalue weighted by Gasteiger charge is 2.21. The number of aryl methyl sites for hydroxylation is 1. The third-order valence-corrected chi connectivity index (χ3v) is 5.27. The van der Waals surface area contributed by atoms with Gasteiger partial charge in [-0.3, -0.25) is 0 Å². The lowest BCUT2D eigenvalue weighted by Crippen LogP contribution is -2.47. The molecule has 2 aliphatic rings. The van der Waals surface area contributed by atoms with E-state index >= 15 is 0 Å². The van der Waals surface area contributed by atoms with Gasteiger partial charge in [-0.1, -0.05) is 0 Å². The standard InChI is InChI=1S/C16H22N6OS/c1-13-18-14(12-15(19-13)21-7-9-23-10-8-21)20-3-5-22(6-4-20)16-17-2-11-24-16/h2,11-12H,3-10H2,1H3. The molecule has 0 radical (unpaired) electrons. The van der Waals surface area contributed by atoms with E-state index in [1.165, 1.54) is 0 Å². The zero-order chi connectivity index (χ0) is 16.4. The van der Waals surface area contributed by atoms with Crippen molar-refractivity contribution >= 4 is 28.1 Å². The number of hydrogen-bond acceptors (Lipinski definition) is 8. The second-order valence-electron chi connectivity index (χ2n) is 6.02. The summed E-state index contributed by atoms with van der Waals surface area (Å²) in [6.07, 6.45) is 1.87. The maximum Gasteiger partial charge on any atom is 0.185 e. The molecule has 0 bridgehead atoms. The van der Waals surface area contributed by atoms with E-state index in [1.807, 2.05) is 18.5 Å². The Morgan fingerprint density at radius 3 is 2.17 bits per heavy atom. The molecular weight excluding hydrogens is 324 g/mol. The normalized spacial score (nSPS) is 19.0. The minimum Gasteiger partial charge on any atom is -0.378 e. The Kier molecular flexibility index (Phi) is 4.48. The van der Waals surface area contributed by atoms with Gasteiger partial charge in [-0.15, -0.1) is 11.3 Å². The smallest absolute Gasteiger partial charge is 0.185 e. The molecule has 24 heavy (non-hydrogen) atoms. The van der Waals surface area contributed by atoms with E-state index in [1.54, 1.807) is 11.3 Å². The first-order valence-corrected chi connectivity index (χ1v) is 9.25. The number of aromatic nitrogens is 3. The Labute approximate surface area is 145 Å². The van der Waals surface area contributed by atoms with E-state index in [0.29, 0.717) is 0 Å². The molecule has 7 nitrogen and oxygen atoms in total. The predicted molar refractivity (Wildman–Crippen MR) is 96.3 cm³/mol. The Hall–Kier alpha value is -1.93. The van der Waals surface area contributed by atoms with Crippen LogP contribution in [0.25, 0.3) is 0 Å². The van der Waals surface area contributed by atoms with Gasteiger partial charge in [0.2, 0.25) is 0 Å². The number of ether oxygens (including phenoxy) is 1. The van der Waals surface area contributed by atoms with E-state index in [4.69, 9.17) is 4.74 Å². The topological polar surface area (TPSA) is 57.6 Å². The summed E-state index contributed by atoms with van der Waals surface area (Å²) in [6, 6.07) is 2.12. The van der Waals surface area contributed by atoms with Crippen LogP contribution in [0, 0.1) is 6.92 Å². The van der Waals surface area contributed by atoms with Crippen molar-refractivity contribution in [2.45, 2.75) is 6.92 Å². The van der Waals surface area contributed by atoms with Gasteiger partial charge in [0, 0.05) is 56.9 Å². The van der Waals surface area contributed by atoms with Gasteiger partial charge >= 0.3 is 0 Å². The molecule has 2 aliphatic heterocycles. The highest BCUT2D eigenvalue weighted by molar-refractivity contribution is 7.13. The van der Waals surface area contributed by atoms with Crippen molar-refractivity contribution in [3.63, 3.8) is 0 Å². The van der Waals surface area contributed by atoms with Crippen LogP contribution < -0.4 is 14.7 Å². The molecule has 0 spiro atoms. The maximum absolute atomic E-state index is 5.44. The molecule has 0 aliphatic carbocycles. The summed E-state index contributed by atoms with van der Waals surface area (Å²) in [6.45, 7) is 9.17. The Bertz CT molecular complexity index is 665. The summed E-state index contributed by atoms with van der Waals surface area (Å²) in [5, 5.41) is 3.15. The highest BCUT2D eigenvalue weighted by Crippen LogP contribution is 2.24. The molecule has 0 aromatic carbocycles. The van der Waals surface area contributed by atoms with E-state index in [0.717, 1.165) is 75.1 Å². The van der Waals surface area contributed by atoms with Crippen molar-refractivity contribution in [3.05, 3.63) is 23.5 Å². The van der Waals surface area contributed by atoms with Crippen LogP contribution in [-0.2, 0) is 4.74 Å². The molecule has 2 fully saturated rings. The van der Waals surface area contributed by atoms with Gasteiger partial charge < -0.3 is 19.4 Å². The van der Waals surface area contributed by atoms with Gasteiger partial charge in [-0.05, 0) is 6.92 Å². The number of thiazole rings is 1. The lowest BCUT2D eigenvalue weighted by Gasteiger charge is -2.36. The largest absolute Gasteiger partial charge is 0.378 e. The van der Waals surface area contributed by atoms with Crippen molar-refractivity contribution < 1.29 is 4.74 Å². The van der Waals surface area contributed by atoms with Gasteiger partial charge in [-0.2, -0.15) is 0 Å². The van der Waals surface area contributed by atoms with Gasteiger partial charge in [-0.25, -0.2) is 15.0 Å². The highest BCUT2D eigenvalue weighted by atomic mass is 32.1. The SMILES string of the molecule is Cc1nc(N2CCOCC2)cc(N2CCN(c3nccs3)CC2)n1. The second-order valence-corrected chi connectivity index (χ2v) is 6.89. The van der Waals surface area contributed by atoms with E-state index < -0.39 is 0 Å². The maximum atomic E-state index is 5.44. The fraction of sp³-hybridized carbons (Fsp3) is 0.562. The van der Waals surface area contributed by atoms with Gasteiger partial charge in [0.05, 0.1) is 13.2 Å². The monoisotopic (exact) mass is 346 g/mol. The Balaban J connectivity index is 1.47. The molecule has 8 heteroatoms. The van der Waals surface area contributed by atoms with Crippen LogP contribution in [0.5, 0.6) is 0 Å². The average Bonchev–Trinajstić information content (AvgIpc) is 3.17. The number of hydrogen-bond donors (Lipinski definition) is 0. The van der Waals surface area contributed by atoms with Crippen LogP contribution in [0.3, 0.4) is 0 Å². The van der Waals surface area contributed by atoms with Crippen LogP contribution in [0.1, 0.15) is 5.82 Å². The van der Waals surface area contributed by atoms with Crippen LogP contribution in [0.4, 0.5) is 16.8 Å². The minimum absolute atomic E-state index is 0.769. The lowest BCUT2D eigenvalue weighted by atomic mass is 10.3. The summed E-state index contributed by atoms with van der Waals surface area (Å²) in [5.41, 5.74) is 0. The first kappa shape index (κ1) is 15.6. The van der Waals surface area contributed by atoms with Crippen molar-refractivity contribution in [2.24, 2.45) is 0 Å². The molecule has 4 heterocycles. The van der Waals surface area contributed by atoms with Crippen LogP contribution in [-0.4, -0.2) is 67.4 Å². The van der Waals surface area contributed by atoms with Crippen LogP contribution in [0.2, 0.25) is 0 Å².